The van der Waals surface area contributed by atoms with Gasteiger partial charge in [-0.2, -0.15) is 0 Å². The molecule has 0 bridgehead atoms. The summed E-state index contributed by atoms with van der Waals surface area (Å²) in [7, 11) is 0. The number of hydrogen-bond acceptors (Lipinski definition) is 5. The Kier molecular flexibility index (Phi) is 5.39. The molecule has 26 heavy (non-hydrogen) atoms. The number of amides is 1. The number of furan rings is 1. The minimum Gasteiger partial charge on any atom is -0.475 e. The molecule has 0 radical (unpaired) electrons. The van der Waals surface area contributed by atoms with Gasteiger partial charge in [0.25, 0.3) is 0 Å². The highest BCUT2D eigenvalue weighted by Crippen LogP contribution is 2.28. The molecule has 1 aromatic heterocycles. The SMILES string of the molecule is C[C@H](O)c1ccc(N2C(=O)CC[C@@H]2COCc2ccc(C(=O)O)o2)cc1. The number of anilines is 1. The molecule has 3 rings (SSSR count). The standard InChI is InChI=1S/C19H21NO6/c1-12(21)13-2-4-14(5-3-13)20-15(6-9-18(20)22)10-25-11-16-7-8-17(26-16)19(23)24/h2-5,7-8,12,15,21H,6,9-11H2,1H3,(H,23,24)/t12-,15+/m0/s1. The predicted molar refractivity (Wildman–Crippen MR) is 92.9 cm³/mol. The largest absolute Gasteiger partial charge is 0.475 e. The molecule has 7 nitrogen and oxygen atoms in total. The van der Waals surface area contributed by atoms with Crippen LogP contribution in [0.2, 0.25) is 0 Å². The van der Waals surface area contributed by atoms with E-state index in [1.165, 1.54) is 6.07 Å². The molecule has 2 heterocycles. The molecule has 1 aliphatic heterocycles. The van der Waals surface area contributed by atoms with Crippen molar-refractivity contribution in [2.75, 3.05) is 11.5 Å². The Labute approximate surface area is 150 Å². The normalized spacial score (nSPS) is 18.3. The first-order chi connectivity index (χ1) is 12.5. The van der Waals surface area contributed by atoms with E-state index in [2.05, 4.69) is 0 Å². The van der Waals surface area contributed by atoms with Crippen molar-refractivity contribution in [3.63, 3.8) is 0 Å². The van der Waals surface area contributed by atoms with Crippen LogP contribution in [0.25, 0.3) is 0 Å². The highest BCUT2D eigenvalue weighted by Gasteiger charge is 2.32. The summed E-state index contributed by atoms with van der Waals surface area (Å²) in [5.74, 6) is -0.780. The number of aliphatic hydroxyl groups is 1. The number of carboxylic acids is 1. The third-order valence-corrected chi connectivity index (χ3v) is 4.41. The van der Waals surface area contributed by atoms with Gasteiger partial charge in [-0.05, 0) is 43.2 Å². The van der Waals surface area contributed by atoms with Crippen molar-refractivity contribution in [2.24, 2.45) is 0 Å². The Morgan fingerprint density at radius 1 is 1.31 bits per heavy atom. The Balaban J connectivity index is 1.61. The maximum absolute atomic E-state index is 12.3. The lowest BCUT2D eigenvalue weighted by molar-refractivity contribution is -0.117. The van der Waals surface area contributed by atoms with E-state index in [-0.39, 0.29) is 24.3 Å². The second-order valence-corrected chi connectivity index (χ2v) is 6.31. The van der Waals surface area contributed by atoms with Crippen molar-refractivity contribution in [2.45, 2.75) is 38.5 Å². The fourth-order valence-electron chi connectivity index (χ4n) is 3.04. The number of aliphatic hydroxyl groups excluding tert-OH is 1. The second-order valence-electron chi connectivity index (χ2n) is 6.31. The number of carbonyl (C=O) groups excluding carboxylic acids is 1. The highest BCUT2D eigenvalue weighted by molar-refractivity contribution is 5.96. The minimum atomic E-state index is -1.12. The molecule has 2 N–H and O–H groups in total. The van der Waals surface area contributed by atoms with Crippen molar-refractivity contribution in [1.29, 1.82) is 0 Å². The van der Waals surface area contributed by atoms with Gasteiger partial charge in [0, 0.05) is 12.1 Å². The van der Waals surface area contributed by atoms with Crippen LogP contribution < -0.4 is 4.90 Å². The second kappa shape index (κ2) is 7.72. The highest BCUT2D eigenvalue weighted by atomic mass is 16.5. The van der Waals surface area contributed by atoms with Gasteiger partial charge in [0.2, 0.25) is 11.7 Å². The number of hydrogen-bond donors (Lipinski definition) is 2. The lowest BCUT2D eigenvalue weighted by Gasteiger charge is -2.25. The molecule has 1 fully saturated rings. The molecule has 7 heteroatoms. The predicted octanol–water partition coefficient (Wildman–Crippen LogP) is 2.74. The van der Waals surface area contributed by atoms with E-state index in [0.29, 0.717) is 25.2 Å². The van der Waals surface area contributed by atoms with Crippen LogP contribution in [0, 0.1) is 0 Å². The monoisotopic (exact) mass is 359 g/mol. The molecule has 1 aliphatic rings. The summed E-state index contributed by atoms with van der Waals surface area (Å²) in [5.41, 5.74) is 1.57. The smallest absolute Gasteiger partial charge is 0.371 e. The quantitative estimate of drug-likeness (QED) is 0.788. The van der Waals surface area contributed by atoms with E-state index in [4.69, 9.17) is 14.3 Å². The summed E-state index contributed by atoms with van der Waals surface area (Å²) in [4.78, 5) is 24.8. The van der Waals surface area contributed by atoms with Crippen molar-refractivity contribution < 1.29 is 29.0 Å². The molecule has 2 atom stereocenters. The van der Waals surface area contributed by atoms with Crippen LogP contribution in [0.15, 0.2) is 40.8 Å². The van der Waals surface area contributed by atoms with Crippen LogP contribution in [-0.4, -0.2) is 34.7 Å². The van der Waals surface area contributed by atoms with Crippen molar-refractivity contribution in [1.82, 2.24) is 0 Å². The third kappa shape index (κ3) is 3.95. The van der Waals surface area contributed by atoms with Gasteiger partial charge in [-0.3, -0.25) is 4.79 Å². The van der Waals surface area contributed by atoms with Gasteiger partial charge in [0.05, 0.1) is 18.8 Å². The average Bonchev–Trinajstić information content (AvgIpc) is 3.22. The first-order valence-electron chi connectivity index (χ1n) is 8.45. The van der Waals surface area contributed by atoms with Crippen LogP contribution >= 0.6 is 0 Å². The van der Waals surface area contributed by atoms with Crippen LogP contribution in [0.1, 0.15) is 47.7 Å². The summed E-state index contributed by atoms with van der Waals surface area (Å²) in [6.07, 6.45) is 0.590. The molecule has 1 aromatic carbocycles. The molecular weight excluding hydrogens is 338 g/mol. The van der Waals surface area contributed by atoms with E-state index in [0.717, 1.165) is 11.3 Å². The first kappa shape index (κ1) is 18.2. The van der Waals surface area contributed by atoms with Crippen molar-refractivity contribution >= 4 is 17.6 Å². The summed E-state index contributed by atoms with van der Waals surface area (Å²) < 4.78 is 10.8. The molecule has 0 aliphatic carbocycles. The summed E-state index contributed by atoms with van der Waals surface area (Å²) in [6.45, 7) is 2.16. The van der Waals surface area contributed by atoms with Gasteiger partial charge >= 0.3 is 5.97 Å². The zero-order valence-corrected chi connectivity index (χ0v) is 14.4. The van der Waals surface area contributed by atoms with Gasteiger partial charge in [0.15, 0.2) is 0 Å². The Bertz CT molecular complexity index is 780. The van der Waals surface area contributed by atoms with E-state index in [9.17, 15) is 14.7 Å². The minimum absolute atomic E-state index is 0.0366. The summed E-state index contributed by atoms with van der Waals surface area (Å²) >= 11 is 0. The third-order valence-electron chi connectivity index (χ3n) is 4.41. The number of nitrogens with zero attached hydrogens (tertiary/aromatic N) is 1. The van der Waals surface area contributed by atoms with Crippen molar-refractivity contribution in [3.8, 4) is 0 Å². The van der Waals surface area contributed by atoms with Gasteiger partial charge in [-0.25, -0.2) is 4.79 Å². The number of aromatic carboxylic acids is 1. The topological polar surface area (TPSA) is 100 Å². The number of carboxylic acid groups (broad SMARTS) is 1. The number of benzene rings is 1. The molecule has 0 spiro atoms. The fraction of sp³-hybridized carbons (Fsp3) is 0.368. The number of ether oxygens (including phenoxy) is 1. The van der Waals surface area contributed by atoms with E-state index in [1.807, 2.05) is 12.1 Å². The Morgan fingerprint density at radius 2 is 2.04 bits per heavy atom. The summed E-state index contributed by atoms with van der Waals surface area (Å²) in [6, 6.07) is 10.1. The van der Waals surface area contributed by atoms with Gasteiger partial charge < -0.3 is 24.3 Å². The lowest BCUT2D eigenvalue weighted by Crippen LogP contribution is -2.36. The molecule has 0 unspecified atom stereocenters. The van der Waals surface area contributed by atoms with E-state index in [1.54, 1.807) is 30.0 Å². The molecular formula is C19H21NO6. The maximum atomic E-state index is 12.3. The van der Waals surface area contributed by atoms with Gasteiger partial charge in [0.1, 0.15) is 12.4 Å². The van der Waals surface area contributed by atoms with Crippen LogP contribution in [0.4, 0.5) is 5.69 Å². The molecule has 0 saturated carbocycles. The van der Waals surface area contributed by atoms with Crippen LogP contribution in [-0.2, 0) is 16.1 Å². The van der Waals surface area contributed by atoms with Gasteiger partial charge in [-0.1, -0.05) is 12.1 Å². The molecule has 1 saturated heterocycles. The van der Waals surface area contributed by atoms with Crippen molar-refractivity contribution in [3.05, 3.63) is 53.5 Å². The summed E-state index contributed by atoms with van der Waals surface area (Å²) in [5, 5.41) is 18.4. The zero-order valence-electron chi connectivity index (χ0n) is 14.4. The van der Waals surface area contributed by atoms with Crippen LogP contribution in [0.3, 0.4) is 0 Å². The van der Waals surface area contributed by atoms with E-state index >= 15 is 0 Å². The zero-order chi connectivity index (χ0) is 18.7. The lowest BCUT2D eigenvalue weighted by atomic mass is 10.1. The fourth-order valence-corrected chi connectivity index (χ4v) is 3.04. The molecule has 138 valence electrons. The Morgan fingerprint density at radius 3 is 2.65 bits per heavy atom. The number of rotatable bonds is 7. The molecule has 1 amide bonds. The van der Waals surface area contributed by atoms with E-state index < -0.39 is 12.1 Å². The Hall–Kier alpha value is -2.64. The first-order valence-corrected chi connectivity index (χ1v) is 8.45. The van der Waals surface area contributed by atoms with Crippen LogP contribution in [0.5, 0.6) is 0 Å². The maximum Gasteiger partial charge on any atom is 0.371 e. The number of carbonyl (C=O) groups is 2. The molecule has 2 aromatic rings. The average molecular weight is 359 g/mol. The van der Waals surface area contributed by atoms with Gasteiger partial charge in [-0.15, -0.1) is 0 Å².